The molecule has 5 nitrogen and oxygen atoms in total. The molecule has 1 fully saturated rings. The van der Waals surface area contributed by atoms with Crippen LogP contribution in [0.25, 0.3) is 0 Å². The fraction of sp³-hybridized carbons (Fsp3) is 0.750. The molecule has 17 heavy (non-hydrogen) atoms. The van der Waals surface area contributed by atoms with E-state index in [9.17, 15) is 4.79 Å². The SMILES string of the molecule is CC(=O)O[C@H]1C=CO[C@@H]([C@@H]2COC(C)(C)O2)C1. The Morgan fingerprint density at radius 3 is 2.76 bits per heavy atom. The van der Waals surface area contributed by atoms with Gasteiger partial charge in [-0.15, -0.1) is 0 Å². The van der Waals surface area contributed by atoms with Gasteiger partial charge < -0.3 is 18.9 Å². The van der Waals surface area contributed by atoms with Crippen LogP contribution in [0.5, 0.6) is 0 Å². The molecule has 5 heteroatoms. The van der Waals surface area contributed by atoms with Crippen LogP contribution < -0.4 is 0 Å². The van der Waals surface area contributed by atoms with Gasteiger partial charge in [0.1, 0.15) is 18.3 Å². The third kappa shape index (κ3) is 3.20. The lowest BCUT2D eigenvalue weighted by Gasteiger charge is -2.29. The minimum atomic E-state index is -0.563. The Morgan fingerprint density at radius 2 is 2.18 bits per heavy atom. The van der Waals surface area contributed by atoms with Crippen LogP contribution in [0.3, 0.4) is 0 Å². The third-order valence-corrected chi connectivity index (χ3v) is 2.77. The molecule has 0 spiro atoms. The summed E-state index contributed by atoms with van der Waals surface area (Å²) in [5.41, 5.74) is 0. The van der Waals surface area contributed by atoms with Crippen LogP contribution >= 0.6 is 0 Å². The maximum Gasteiger partial charge on any atom is 0.303 e. The lowest BCUT2D eigenvalue weighted by atomic mass is 10.0. The highest BCUT2D eigenvalue weighted by Gasteiger charge is 2.40. The van der Waals surface area contributed by atoms with Crippen LogP contribution in [-0.4, -0.2) is 36.7 Å². The summed E-state index contributed by atoms with van der Waals surface area (Å²) in [6, 6.07) is 0. The summed E-state index contributed by atoms with van der Waals surface area (Å²) in [5, 5.41) is 0. The molecule has 0 amide bonds. The normalized spacial score (nSPS) is 35.4. The summed E-state index contributed by atoms with van der Waals surface area (Å²) in [6.45, 7) is 5.64. The predicted molar refractivity (Wildman–Crippen MR) is 59.1 cm³/mol. The van der Waals surface area contributed by atoms with E-state index in [1.165, 1.54) is 6.92 Å². The highest BCUT2D eigenvalue weighted by Crippen LogP contribution is 2.29. The fourth-order valence-electron chi connectivity index (χ4n) is 2.04. The summed E-state index contributed by atoms with van der Waals surface area (Å²) >= 11 is 0. The van der Waals surface area contributed by atoms with Crippen molar-refractivity contribution in [1.82, 2.24) is 0 Å². The summed E-state index contributed by atoms with van der Waals surface area (Å²) in [6.07, 6.45) is 3.41. The lowest BCUT2D eigenvalue weighted by Crippen LogP contribution is -2.37. The van der Waals surface area contributed by atoms with Crippen molar-refractivity contribution in [3.05, 3.63) is 12.3 Å². The first-order valence-corrected chi connectivity index (χ1v) is 5.77. The molecule has 0 unspecified atom stereocenters. The Hall–Kier alpha value is -1.07. The zero-order valence-corrected chi connectivity index (χ0v) is 10.3. The molecule has 3 atom stereocenters. The first-order chi connectivity index (χ1) is 7.96. The van der Waals surface area contributed by atoms with Crippen LogP contribution in [0.2, 0.25) is 0 Å². The largest absolute Gasteiger partial charge is 0.495 e. The second-order valence-corrected chi connectivity index (χ2v) is 4.75. The molecule has 0 aliphatic carbocycles. The van der Waals surface area contributed by atoms with E-state index in [-0.39, 0.29) is 24.3 Å². The van der Waals surface area contributed by atoms with Gasteiger partial charge in [0.25, 0.3) is 0 Å². The molecule has 0 aromatic rings. The van der Waals surface area contributed by atoms with E-state index >= 15 is 0 Å². The summed E-state index contributed by atoms with van der Waals surface area (Å²) in [7, 11) is 0. The van der Waals surface area contributed by atoms with Gasteiger partial charge in [0, 0.05) is 13.3 Å². The Morgan fingerprint density at radius 1 is 1.41 bits per heavy atom. The molecule has 2 aliphatic heterocycles. The van der Waals surface area contributed by atoms with Crippen molar-refractivity contribution in [2.24, 2.45) is 0 Å². The molecule has 96 valence electrons. The average Bonchev–Trinajstić information content (AvgIpc) is 2.58. The van der Waals surface area contributed by atoms with Crippen molar-refractivity contribution in [2.75, 3.05) is 6.61 Å². The van der Waals surface area contributed by atoms with Gasteiger partial charge in [0.2, 0.25) is 0 Å². The maximum absolute atomic E-state index is 10.9. The summed E-state index contributed by atoms with van der Waals surface area (Å²) in [5.74, 6) is -0.851. The second kappa shape index (κ2) is 4.66. The van der Waals surface area contributed by atoms with E-state index in [2.05, 4.69) is 0 Å². The number of carbonyl (C=O) groups excluding carboxylic acids is 1. The van der Waals surface area contributed by atoms with Gasteiger partial charge >= 0.3 is 5.97 Å². The van der Waals surface area contributed by atoms with Gasteiger partial charge in [-0.25, -0.2) is 0 Å². The van der Waals surface area contributed by atoms with Crippen LogP contribution in [0.1, 0.15) is 27.2 Å². The Kier molecular flexibility index (Phi) is 3.40. The predicted octanol–water partition coefficient (Wildman–Crippen LogP) is 1.37. The number of hydrogen-bond acceptors (Lipinski definition) is 5. The van der Waals surface area contributed by atoms with Gasteiger partial charge in [-0.3, -0.25) is 4.79 Å². The minimum Gasteiger partial charge on any atom is -0.495 e. The molecule has 1 saturated heterocycles. The lowest BCUT2D eigenvalue weighted by molar-refractivity contribution is -0.160. The summed E-state index contributed by atoms with van der Waals surface area (Å²) < 4.78 is 21.8. The standard InChI is InChI=1S/C12H18O5/c1-8(13)16-9-4-5-14-10(6-9)11-7-15-12(2,3)17-11/h4-5,9-11H,6-7H2,1-3H3/t9-,10+,11-/m0/s1. The number of carbonyl (C=O) groups is 1. The van der Waals surface area contributed by atoms with Crippen LogP contribution in [-0.2, 0) is 23.7 Å². The molecule has 2 heterocycles. The van der Waals surface area contributed by atoms with Crippen molar-refractivity contribution in [3.8, 4) is 0 Å². The first-order valence-electron chi connectivity index (χ1n) is 5.77. The Labute approximate surface area is 101 Å². The molecular formula is C12H18O5. The van der Waals surface area contributed by atoms with E-state index in [0.29, 0.717) is 13.0 Å². The van der Waals surface area contributed by atoms with E-state index < -0.39 is 5.79 Å². The number of hydrogen-bond donors (Lipinski definition) is 0. The van der Waals surface area contributed by atoms with Gasteiger partial charge in [-0.05, 0) is 19.9 Å². The molecule has 0 radical (unpaired) electrons. The smallest absolute Gasteiger partial charge is 0.303 e. The monoisotopic (exact) mass is 242 g/mol. The maximum atomic E-state index is 10.9. The molecule has 0 bridgehead atoms. The van der Waals surface area contributed by atoms with Gasteiger partial charge in [0.15, 0.2) is 5.79 Å². The van der Waals surface area contributed by atoms with Crippen LogP contribution in [0, 0.1) is 0 Å². The van der Waals surface area contributed by atoms with E-state index in [1.807, 2.05) is 13.8 Å². The van der Waals surface area contributed by atoms with Crippen molar-refractivity contribution in [1.29, 1.82) is 0 Å². The van der Waals surface area contributed by atoms with E-state index in [0.717, 1.165) is 0 Å². The molecule has 0 aromatic carbocycles. The molecule has 0 aromatic heterocycles. The number of ether oxygens (including phenoxy) is 4. The van der Waals surface area contributed by atoms with Crippen molar-refractivity contribution < 1.29 is 23.7 Å². The fourth-order valence-corrected chi connectivity index (χ4v) is 2.04. The molecule has 0 saturated carbocycles. The minimum absolute atomic E-state index is 0.118. The van der Waals surface area contributed by atoms with Gasteiger partial charge in [-0.1, -0.05) is 0 Å². The highest BCUT2D eigenvalue weighted by molar-refractivity contribution is 5.66. The molecular weight excluding hydrogens is 224 g/mol. The van der Waals surface area contributed by atoms with Crippen molar-refractivity contribution in [2.45, 2.75) is 51.3 Å². The quantitative estimate of drug-likeness (QED) is 0.684. The van der Waals surface area contributed by atoms with E-state index in [4.69, 9.17) is 18.9 Å². The van der Waals surface area contributed by atoms with Crippen molar-refractivity contribution in [3.63, 3.8) is 0 Å². The molecule has 2 rings (SSSR count). The number of esters is 1. The molecule has 2 aliphatic rings. The Bertz CT molecular complexity index is 323. The first kappa shape index (κ1) is 12.4. The third-order valence-electron chi connectivity index (χ3n) is 2.77. The van der Waals surface area contributed by atoms with Gasteiger partial charge in [-0.2, -0.15) is 0 Å². The topological polar surface area (TPSA) is 54.0 Å². The Balaban J connectivity index is 1.91. The summed E-state index contributed by atoms with van der Waals surface area (Å²) in [4.78, 5) is 10.9. The highest BCUT2D eigenvalue weighted by atomic mass is 16.7. The second-order valence-electron chi connectivity index (χ2n) is 4.75. The van der Waals surface area contributed by atoms with Crippen LogP contribution in [0.15, 0.2) is 12.3 Å². The van der Waals surface area contributed by atoms with E-state index in [1.54, 1.807) is 12.3 Å². The zero-order valence-electron chi connectivity index (χ0n) is 10.3. The molecule has 0 N–H and O–H groups in total. The number of rotatable bonds is 2. The zero-order chi connectivity index (χ0) is 12.5. The average molecular weight is 242 g/mol. The van der Waals surface area contributed by atoms with Crippen LogP contribution in [0.4, 0.5) is 0 Å². The van der Waals surface area contributed by atoms with Gasteiger partial charge in [0.05, 0.1) is 12.9 Å². The van der Waals surface area contributed by atoms with Crippen molar-refractivity contribution >= 4 is 5.97 Å².